The molecule has 2 aromatic heterocycles. The highest BCUT2D eigenvalue weighted by Crippen LogP contribution is 2.17. The Morgan fingerprint density at radius 3 is 2.45 bits per heavy atom. The van der Waals surface area contributed by atoms with E-state index in [0.29, 0.717) is 29.9 Å². The zero-order chi connectivity index (χ0) is 20.5. The molecule has 0 aliphatic heterocycles. The number of nitrogens with zero attached hydrogens (tertiary/aromatic N) is 4. The zero-order valence-corrected chi connectivity index (χ0v) is 16.8. The van der Waals surface area contributed by atoms with Crippen LogP contribution in [0.3, 0.4) is 0 Å². The first-order chi connectivity index (χ1) is 14.0. The Morgan fingerprint density at radius 1 is 0.966 bits per heavy atom. The molecule has 1 N–H and O–H groups in total. The van der Waals surface area contributed by atoms with Crippen molar-refractivity contribution in [2.75, 3.05) is 0 Å². The van der Waals surface area contributed by atoms with Gasteiger partial charge < -0.3 is 14.5 Å². The molecular formula is C22H23N5O2. The summed E-state index contributed by atoms with van der Waals surface area (Å²) in [4.78, 5) is 34.0. The fourth-order valence-electron chi connectivity index (χ4n) is 3.70. The molecule has 148 valence electrons. The van der Waals surface area contributed by atoms with E-state index in [-0.39, 0.29) is 11.5 Å². The lowest BCUT2D eigenvalue weighted by atomic mass is 10.1. The molecule has 2 heterocycles. The van der Waals surface area contributed by atoms with Crippen molar-refractivity contribution in [3.63, 3.8) is 0 Å². The van der Waals surface area contributed by atoms with Gasteiger partial charge in [0.15, 0.2) is 0 Å². The largest absolute Gasteiger partial charge is 0.345 e. The van der Waals surface area contributed by atoms with Gasteiger partial charge in [0.2, 0.25) is 0 Å². The van der Waals surface area contributed by atoms with E-state index >= 15 is 0 Å². The number of aryl methyl sites for hydroxylation is 3. The summed E-state index contributed by atoms with van der Waals surface area (Å²) in [5.41, 5.74) is 4.17. The van der Waals surface area contributed by atoms with Crippen molar-refractivity contribution in [3.8, 4) is 0 Å². The minimum absolute atomic E-state index is 0.101. The number of para-hydroxylation sites is 2. The van der Waals surface area contributed by atoms with Crippen LogP contribution in [0, 0.1) is 6.92 Å². The Balaban J connectivity index is 1.61. The molecule has 4 rings (SSSR count). The first-order valence-corrected chi connectivity index (χ1v) is 9.77. The van der Waals surface area contributed by atoms with Crippen molar-refractivity contribution in [3.05, 3.63) is 69.9 Å². The second-order valence-corrected chi connectivity index (χ2v) is 6.89. The molecule has 0 unspecified atom stereocenters. The standard InChI is InChI=1S/C22H23N5O2/c1-4-26-18-9-7-6-8-16(18)25-20(26)13-23-21(28)15-10-11-19-17(12-15)24-14(3)22(29)27(19)5-2/h6-12H,4-5,13H2,1-3H3,(H,23,28). The molecule has 0 atom stereocenters. The van der Waals surface area contributed by atoms with Crippen LogP contribution in [0.25, 0.3) is 22.1 Å². The Hall–Kier alpha value is -3.48. The Morgan fingerprint density at radius 2 is 1.69 bits per heavy atom. The first kappa shape index (κ1) is 18.9. The summed E-state index contributed by atoms with van der Waals surface area (Å²) < 4.78 is 3.77. The van der Waals surface area contributed by atoms with Crippen molar-refractivity contribution in [2.45, 2.75) is 40.4 Å². The Bertz CT molecular complexity index is 1290. The molecule has 0 radical (unpaired) electrons. The van der Waals surface area contributed by atoms with Gasteiger partial charge >= 0.3 is 0 Å². The molecule has 4 aromatic rings. The summed E-state index contributed by atoms with van der Waals surface area (Å²) in [5, 5.41) is 2.95. The fraction of sp³-hybridized carbons (Fsp3) is 0.273. The molecule has 0 spiro atoms. The lowest BCUT2D eigenvalue weighted by molar-refractivity contribution is 0.0949. The maximum atomic E-state index is 12.7. The maximum Gasteiger partial charge on any atom is 0.272 e. The summed E-state index contributed by atoms with van der Waals surface area (Å²) in [7, 11) is 0. The number of fused-ring (bicyclic) bond motifs is 2. The van der Waals surface area contributed by atoms with Gasteiger partial charge in [-0.3, -0.25) is 9.59 Å². The predicted octanol–water partition coefficient (Wildman–Crippen LogP) is 3.02. The van der Waals surface area contributed by atoms with Gasteiger partial charge in [-0.05, 0) is 51.1 Å². The number of amides is 1. The third-order valence-electron chi connectivity index (χ3n) is 5.14. The minimum atomic E-state index is -0.199. The molecule has 0 fully saturated rings. The van der Waals surface area contributed by atoms with E-state index in [4.69, 9.17) is 0 Å². The van der Waals surface area contributed by atoms with Crippen LogP contribution in [-0.2, 0) is 19.6 Å². The SMILES string of the molecule is CCn1c(CNC(=O)c2ccc3c(c2)nc(C)c(=O)n3CC)nc2ccccc21. The van der Waals surface area contributed by atoms with Gasteiger partial charge in [0.05, 0.1) is 28.6 Å². The monoisotopic (exact) mass is 389 g/mol. The van der Waals surface area contributed by atoms with E-state index in [1.54, 1.807) is 29.7 Å². The second kappa shape index (κ2) is 7.50. The van der Waals surface area contributed by atoms with E-state index in [1.807, 2.05) is 31.2 Å². The van der Waals surface area contributed by atoms with Crippen molar-refractivity contribution >= 4 is 28.0 Å². The number of imidazole rings is 1. The van der Waals surface area contributed by atoms with E-state index in [0.717, 1.165) is 28.9 Å². The summed E-state index contributed by atoms with van der Waals surface area (Å²) in [6.45, 7) is 7.33. The van der Waals surface area contributed by atoms with Crippen LogP contribution in [0.5, 0.6) is 0 Å². The molecule has 0 aliphatic rings. The Kier molecular flexibility index (Phi) is 4.88. The zero-order valence-electron chi connectivity index (χ0n) is 16.8. The topological polar surface area (TPSA) is 81.8 Å². The molecule has 0 aliphatic carbocycles. The second-order valence-electron chi connectivity index (χ2n) is 6.89. The summed E-state index contributed by atoms with van der Waals surface area (Å²) in [5.74, 6) is 0.618. The van der Waals surface area contributed by atoms with Gasteiger partial charge in [-0.15, -0.1) is 0 Å². The molecule has 1 amide bonds. The first-order valence-electron chi connectivity index (χ1n) is 9.77. The minimum Gasteiger partial charge on any atom is -0.345 e. The third kappa shape index (κ3) is 3.29. The van der Waals surface area contributed by atoms with Crippen molar-refractivity contribution in [1.29, 1.82) is 0 Å². The van der Waals surface area contributed by atoms with Crippen molar-refractivity contribution in [2.24, 2.45) is 0 Å². The molecule has 7 heteroatoms. The highest BCUT2D eigenvalue weighted by atomic mass is 16.1. The van der Waals surface area contributed by atoms with E-state index < -0.39 is 0 Å². The van der Waals surface area contributed by atoms with Crippen molar-refractivity contribution in [1.82, 2.24) is 24.4 Å². The van der Waals surface area contributed by atoms with Crippen LogP contribution in [0.2, 0.25) is 0 Å². The molecule has 29 heavy (non-hydrogen) atoms. The van der Waals surface area contributed by atoms with E-state index in [2.05, 4.69) is 26.8 Å². The third-order valence-corrected chi connectivity index (χ3v) is 5.14. The summed E-state index contributed by atoms with van der Waals surface area (Å²) in [6.07, 6.45) is 0. The maximum absolute atomic E-state index is 12.7. The van der Waals surface area contributed by atoms with Gasteiger partial charge in [-0.1, -0.05) is 12.1 Å². The number of nitrogens with one attached hydrogen (secondary N) is 1. The molecule has 0 saturated carbocycles. The average Bonchev–Trinajstić information content (AvgIpc) is 3.10. The van der Waals surface area contributed by atoms with E-state index in [1.165, 1.54) is 0 Å². The highest BCUT2D eigenvalue weighted by Gasteiger charge is 2.13. The number of benzene rings is 2. The number of carbonyl (C=O) groups is 1. The fourth-order valence-corrected chi connectivity index (χ4v) is 3.70. The number of hydrogen-bond acceptors (Lipinski definition) is 4. The van der Waals surface area contributed by atoms with Gasteiger partial charge in [0, 0.05) is 18.7 Å². The number of rotatable bonds is 5. The number of aromatic nitrogens is 4. The molecule has 0 bridgehead atoms. The highest BCUT2D eigenvalue weighted by molar-refractivity contribution is 5.97. The van der Waals surface area contributed by atoms with Crippen LogP contribution < -0.4 is 10.9 Å². The van der Waals surface area contributed by atoms with Gasteiger partial charge in [-0.25, -0.2) is 9.97 Å². The van der Waals surface area contributed by atoms with Gasteiger partial charge in [0.25, 0.3) is 11.5 Å². The molecule has 2 aromatic carbocycles. The quantitative estimate of drug-likeness (QED) is 0.569. The van der Waals surface area contributed by atoms with Crippen LogP contribution in [0.4, 0.5) is 0 Å². The normalized spacial score (nSPS) is 11.3. The predicted molar refractivity (Wildman–Crippen MR) is 113 cm³/mol. The van der Waals surface area contributed by atoms with E-state index in [9.17, 15) is 9.59 Å². The van der Waals surface area contributed by atoms with Crippen LogP contribution in [-0.4, -0.2) is 25.0 Å². The number of hydrogen-bond donors (Lipinski definition) is 1. The van der Waals surface area contributed by atoms with Crippen LogP contribution in [0.1, 0.15) is 35.7 Å². The molecular weight excluding hydrogens is 366 g/mol. The average molecular weight is 389 g/mol. The van der Waals surface area contributed by atoms with Crippen LogP contribution in [0.15, 0.2) is 47.3 Å². The lowest BCUT2D eigenvalue weighted by Gasteiger charge is -2.11. The summed E-state index contributed by atoms with van der Waals surface area (Å²) >= 11 is 0. The number of carbonyl (C=O) groups excluding carboxylic acids is 1. The van der Waals surface area contributed by atoms with Crippen LogP contribution >= 0.6 is 0 Å². The Labute approximate surface area is 168 Å². The molecule has 0 saturated heterocycles. The lowest BCUT2D eigenvalue weighted by Crippen LogP contribution is -2.26. The van der Waals surface area contributed by atoms with Gasteiger partial charge in [0.1, 0.15) is 11.5 Å². The summed E-state index contributed by atoms with van der Waals surface area (Å²) in [6, 6.07) is 13.2. The molecule has 7 nitrogen and oxygen atoms in total. The van der Waals surface area contributed by atoms with Gasteiger partial charge in [-0.2, -0.15) is 0 Å². The van der Waals surface area contributed by atoms with Crippen molar-refractivity contribution < 1.29 is 4.79 Å². The smallest absolute Gasteiger partial charge is 0.272 e.